The summed E-state index contributed by atoms with van der Waals surface area (Å²) < 4.78 is 0. The Hall–Kier alpha value is -1.20. The fourth-order valence-electron chi connectivity index (χ4n) is 4.35. The van der Waals surface area contributed by atoms with Crippen LogP contribution in [0.1, 0.15) is 57.9 Å². The summed E-state index contributed by atoms with van der Waals surface area (Å²) in [5.41, 5.74) is 1.29. The quantitative estimate of drug-likeness (QED) is 0.633. The summed E-state index contributed by atoms with van der Waals surface area (Å²) >= 11 is 0. The molecule has 26 heavy (non-hydrogen) atoms. The minimum Gasteiger partial charge on any atom is -0.332 e. The molecule has 1 aromatic heterocycles. The third-order valence-electron chi connectivity index (χ3n) is 6.20. The monoisotopic (exact) mass is 359 g/mol. The van der Waals surface area contributed by atoms with Crippen LogP contribution in [0.25, 0.3) is 0 Å². The number of likely N-dealkylation sites (tertiary alicyclic amines) is 1. The van der Waals surface area contributed by atoms with Gasteiger partial charge in [0.2, 0.25) is 5.95 Å². The molecule has 0 spiro atoms. The maximum atomic E-state index is 4.72. The Morgan fingerprint density at radius 3 is 2.27 bits per heavy atom. The minimum absolute atomic E-state index is 0.605. The second-order valence-electron chi connectivity index (χ2n) is 8.64. The Balaban J connectivity index is 1.39. The third kappa shape index (κ3) is 4.95. The zero-order valence-corrected chi connectivity index (χ0v) is 17.2. The van der Waals surface area contributed by atoms with Crippen LogP contribution in [-0.2, 0) is 6.42 Å². The molecule has 0 radical (unpaired) electrons. The largest absolute Gasteiger partial charge is 0.332 e. The molecule has 2 atom stereocenters. The molecule has 3 heterocycles. The fourth-order valence-corrected chi connectivity index (χ4v) is 4.35. The van der Waals surface area contributed by atoms with Crippen LogP contribution in [0.2, 0.25) is 0 Å². The van der Waals surface area contributed by atoms with E-state index in [-0.39, 0.29) is 0 Å². The number of rotatable bonds is 9. The first-order valence-corrected chi connectivity index (χ1v) is 10.5. The van der Waals surface area contributed by atoms with Gasteiger partial charge >= 0.3 is 0 Å². The third-order valence-corrected chi connectivity index (χ3v) is 6.20. The molecule has 2 unspecified atom stereocenters. The molecule has 2 aliphatic rings. The maximum Gasteiger partial charge on any atom is 0.225 e. The van der Waals surface area contributed by atoms with E-state index in [4.69, 9.17) is 9.97 Å². The van der Waals surface area contributed by atoms with Crippen molar-refractivity contribution in [2.24, 2.45) is 0 Å². The SMILES string of the molecule is CC(C)N(C)CCCCCCc1cnc(N2C3CCC2CN(C)C3)nc1. The molecular weight excluding hydrogens is 322 g/mol. The Morgan fingerprint density at radius 2 is 1.65 bits per heavy atom. The zero-order valence-electron chi connectivity index (χ0n) is 17.2. The average Bonchev–Trinajstić information content (AvgIpc) is 2.89. The van der Waals surface area contributed by atoms with Crippen LogP contribution in [-0.4, -0.2) is 71.6 Å². The van der Waals surface area contributed by atoms with E-state index in [2.05, 4.69) is 55.0 Å². The lowest BCUT2D eigenvalue weighted by molar-refractivity contribution is 0.262. The lowest BCUT2D eigenvalue weighted by Crippen LogP contribution is -2.53. The van der Waals surface area contributed by atoms with Gasteiger partial charge in [-0.3, -0.25) is 0 Å². The number of aryl methyl sites for hydroxylation is 1. The van der Waals surface area contributed by atoms with Crippen LogP contribution in [0, 0.1) is 0 Å². The van der Waals surface area contributed by atoms with E-state index in [0.29, 0.717) is 18.1 Å². The Morgan fingerprint density at radius 1 is 1.04 bits per heavy atom. The molecule has 5 nitrogen and oxygen atoms in total. The smallest absolute Gasteiger partial charge is 0.225 e. The van der Waals surface area contributed by atoms with Crippen molar-refractivity contribution < 1.29 is 0 Å². The lowest BCUT2D eigenvalue weighted by atomic mass is 10.1. The number of fused-ring (bicyclic) bond motifs is 2. The maximum absolute atomic E-state index is 4.72. The number of hydrogen-bond acceptors (Lipinski definition) is 5. The normalized spacial score (nSPS) is 23.4. The van der Waals surface area contributed by atoms with Gasteiger partial charge in [0, 0.05) is 43.6 Å². The van der Waals surface area contributed by atoms with Gasteiger partial charge in [-0.05, 0) is 72.2 Å². The molecule has 0 N–H and O–H groups in total. The lowest BCUT2D eigenvalue weighted by Gasteiger charge is -2.39. The van der Waals surface area contributed by atoms with E-state index in [9.17, 15) is 0 Å². The highest BCUT2D eigenvalue weighted by molar-refractivity contribution is 5.37. The van der Waals surface area contributed by atoms with Gasteiger partial charge in [-0.25, -0.2) is 9.97 Å². The number of unbranched alkanes of at least 4 members (excludes halogenated alkanes) is 3. The summed E-state index contributed by atoms with van der Waals surface area (Å²) in [6.45, 7) is 8.03. The van der Waals surface area contributed by atoms with Gasteiger partial charge in [0.25, 0.3) is 0 Å². The Kier molecular flexibility index (Phi) is 6.87. The van der Waals surface area contributed by atoms with Crippen LogP contribution in [0.3, 0.4) is 0 Å². The molecular formula is C21H37N5. The van der Waals surface area contributed by atoms with E-state index in [1.807, 2.05) is 0 Å². The molecule has 5 heteroatoms. The molecule has 2 fully saturated rings. The molecule has 3 rings (SSSR count). The van der Waals surface area contributed by atoms with Crippen molar-refractivity contribution in [3.8, 4) is 0 Å². The van der Waals surface area contributed by atoms with E-state index in [1.54, 1.807) is 0 Å². The fraction of sp³-hybridized carbons (Fsp3) is 0.810. The molecule has 1 aromatic rings. The van der Waals surface area contributed by atoms with Crippen molar-refractivity contribution in [1.82, 2.24) is 19.8 Å². The predicted octanol–water partition coefficient (Wildman–Crippen LogP) is 3.20. The number of piperazine rings is 1. The topological polar surface area (TPSA) is 35.5 Å². The second kappa shape index (κ2) is 9.14. The molecule has 0 amide bonds. The van der Waals surface area contributed by atoms with Gasteiger partial charge in [0.05, 0.1) is 0 Å². The second-order valence-corrected chi connectivity index (χ2v) is 8.64. The Bertz CT molecular complexity index is 530. The van der Waals surface area contributed by atoms with Crippen LogP contribution in [0.5, 0.6) is 0 Å². The van der Waals surface area contributed by atoms with Crippen LogP contribution in [0.15, 0.2) is 12.4 Å². The van der Waals surface area contributed by atoms with Crippen LogP contribution >= 0.6 is 0 Å². The molecule has 146 valence electrons. The molecule has 0 saturated carbocycles. The minimum atomic E-state index is 0.605. The summed E-state index contributed by atoms with van der Waals surface area (Å²) in [7, 11) is 4.45. The zero-order chi connectivity index (χ0) is 18.5. The van der Waals surface area contributed by atoms with Gasteiger partial charge in [0.15, 0.2) is 0 Å². The van der Waals surface area contributed by atoms with Crippen molar-refractivity contribution in [3.05, 3.63) is 18.0 Å². The van der Waals surface area contributed by atoms with Gasteiger partial charge in [-0.15, -0.1) is 0 Å². The van der Waals surface area contributed by atoms with E-state index in [1.165, 1.54) is 50.6 Å². The number of nitrogens with zero attached hydrogens (tertiary/aromatic N) is 5. The first-order chi connectivity index (χ1) is 12.5. The standard InChI is InChI=1S/C21H37N5/c1-17(2)25(4)12-8-6-5-7-9-18-13-22-21(23-14-18)26-19-10-11-20(26)16-24(3)15-19/h13-14,17,19-20H,5-12,15-16H2,1-4H3. The number of hydrogen-bond donors (Lipinski definition) is 0. The summed E-state index contributed by atoms with van der Waals surface area (Å²) in [4.78, 5) is 16.8. The first kappa shape index (κ1) is 19.6. The molecule has 0 aliphatic carbocycles. The Labute approximate surface area is 159 Å². The highest BCUT2D eigenvalue weighted by Crippen LogP contribution is 2.32. The molecule has 0 aromatic carbocycles. The van der Waals surface area contributed by atoms with Crippen molar-refractivity contribution >= 4 is 5.95 Å². The van der Waals surface area contributed by atoms with E-state index in [0.717, 1.165) is 25.5 Å². The predicted molar refractivity (Wildman–Crippen MR) is 109 cm³/mol. The highest BCUT2D eigenvalue weighted by Gasteiger charge is 2.39. The average molecular weight is 360 g/mol. The first-order valence-electron chi connectivity index (χ1n) is 10.5. The molecule has 2 aliphatic heterocycles. The van der Waals surface area contributed by atoms with E-state index < -0.39 is 0 Å². The van der Waals surface area contributed by atoms with Crippen molar-refractivity contribution in [2.45, 2.75) is 76.9 Å². The van der Waals surface area contributed by atoms with Crippen molar-refractivity contribution in [2.75, 3.05) is 38.6 Å². The number of anilines is 1. The van der Waals surface area contributed by atoms with Gasteiger partial charge < -0.3 is 14.7 Å². The van der Waals surface area contributed by atoms with Crippen LogP contribution in [0.4, 0.5) is 5.95 Å². The van der Waals surface area contributed by atoms with Gasteiger partial charge in [-0.2, -0.15) is 0 Å². The van der Waals surface area contributed by atoms with Gasteiger partial charge in [0.1, 0.15) is 0 Å². The molecule has 2 bridgehead atoms. The number of aromatic nitrogens is 2. The number of likely N-dealkylation sites (N-methyl/N-ethyl adjacent to an activating group) is 1. The summed E-state index contributed by atoms with van der Waals surface area (Å²) in [5, 5.41) is 0. The van der Waals surface area contributed by atoms with E-state index >= 15 is 0 Å². The van der Waals surface area contributed by atoms with Crippen molar-refractivity contribution in [1.29, 1.82) is 0 Å². The van der Waals surface area contributed by atoms with Crippen molar-refractivity contribution in [3.63, 3.8) is 0 Å². The summed E-state index contributed by atoms with van der Waals surface area (Å²) in [5.74, 6) is 0.950. The summed E-state index contributed by atoms with van der Waals surface area (Å²) in [6, 6.07) is 1.86. The highest BCUT2D eigenvalue weighted by atomic mass is 15.4. The molecule has 2 saturated heterocycles. The van der Waals surface area contributed by atoms with Crippen LogP contribution < -0.4 is 4.90 Å². The van der Waals surface area contributed by atoms with Gasteiger partial charge in [-0.1, -0.05) is 12.8 Å². The summed E-state index contributed by atoms with van der Waals surface area (Å²) in [6.07, 6.45) is 13.0.